The lowest BCUT2D eigenvalue weighted by Crippen LogP contribution is -2.25. The van der Waals surface area contributed by atoms with Crippen molar-refractivity contribution in [2.75, 3.05) is 13.7 Å². The van der Waals surface area contributed by atoms with Gasteiger partial charge in [-0.3, -0.25) is 9.78 Å². The largest absolute Gasteiger partial charge is 0.493 e. The highest BCUT2D eigenvalue weighted by Gasteiger charge is 2.13. The molecular formula is C20H20F2N4O4. The zero-order chi connectivity index (χ0) is 21.3. The van der Waals surface area contributed by atoms with Crippen LogP contribution in [0.1, 0.15) is 17.9 Å². The van der Waals surface area contributed by atoms with Crippen molar-refractivity contribution in [1.82, 2.24) is 20.4 Å². The van der Waals surface area contributed by atoms with Gasteiger partial charge in [-0.25, -0.2) is 0 Å². The molecule has 3 rings (SSSR count). The summed E-state index contributed by atoms with van der Waals surface area (Å²) in [6.07, 6.45) is 4.19. The Morgan fingerprint density at radius 2 is 2.10 bits per heavy atom. The first-order chi connectivity index (χ1) is 14.5. The number of nitrogens with one attached hydrogen (secondary N) is 1. The average Bonchev–Trinajstić information content (AvgIpc) is 3.22. The molecule has 0 aliphatic carbocycles. The van der Waals surface area contributed by atoms with Gasteiger partial charge in [-0.15, -0.1) is 0 Å². The van der Waals surface area contributed by atoms with E-state index in [9.17, 15) is 13.6 Å². The quantitative estimate of drug-likeness (QED) is 0.540. The third kappa shape index (κ3) is 5.97. The monoisotopic (exact) mass is 418 g/mol. The molecule has 0 radical (unpaired) electrons. The molecule has 3 aromatic rings. The fourth-order valence-electron chi connectivity index (χ4n) is 2.69. The van der Waals surface area contributed by atoms with Crippen LogP contribution in [0.2, 0.25) is 0 Å². The summed E-state index contributed by atoms with van der Waals surface area (Å²) in [6.45, 7) is -2.61. The molecule has 1 amide bonds. The zero-order valence-electron chi connectivity index (χ0n) is 16.2. The molecular weight excluding hydrogens is 398 g/mol. The molecule has 0 aliphatic heterocycles. The van der Waals surface area contributed by atoms with Crippen LogP contribution in [0.4, 0.5) is 8.78 Å². The van der Waals surface area contributed by atoms with Gasteiger partial charge in [0, 0.05) is 37.3 Å². The second kappa shape index (κ2) is 10.3. The topological polar surface area (TPSA) is 99.4 Å². The zero-order valence-corrected chi connectivity index (χ0v) is 16.2. The summed E-state index contributed by atoms with van der Waals surface area (Å²) >= 11 is 0. The van der Waals surface area contributed by atoms with Crippen LogP contribution in [0, 0.1) is 0 Å². The molecule has 10 heteroatoms. The Bertz CT molecular complexity index is 966. The average molecular weight is 418 g/mol. The van der Waals surface area contributed by atoms with Crippen molar-refractivity contribution in [3.63, 3.8) is 0 Å². The molecule has 1 N–H and O–H groups in total. The van der Waals surface area contributed by atoms with Crippen molar-refractivity contribution < 1.29 is 27.6 Å². The first kappa shape index (κ1) is 21.2. The van der Waals surface area contributed by atoms with E-state index in [1.54, 1.807) is 30.6 Å². The Morgan fingerprint density at radius 1 is 1.23 bits per heavy atom. The van der Waals surface area contributed by atoms with Gasteiger partial charge >= 0.3 is 6.61 Å². The lowest BCUT2D eigenvalue weighted by atomic mass is 10.1. The van der Waals surface area contributed by atoms with Gasteiger partial charge in [0.15, 0.2) is 11.5 Å². The SMILES string of the molecule is COc1ccc(CCNC(=O)CCc2nc(-c3cccnc3)no2)cc1OC(F)F. The van der Waals surface area contributed by atoms with Gasteiger partial charge in [-0.1, -0.05) is 11.2 Å². The number of aromatic nitrogens is 3. The summed E-state index contributed by atoms with van der Waals surface area (Å²) in [5.74, 6) is 0.756. The molecule has 158 valence electrons. The van der Waals surface area contributed by atoms with Gasteiger partial charge in [-0.2, -0.15) is 13.8 Å². The number of aryl methyl sites for hydroxylation is 1. The van der Waals surface area contributed by atoms with Crippen molar-refractivity contribution in [3.05, 3.63) is 54.2 Å². The Hall–Kier alpha value is -3.56. The lowest BCUT2D eigenvalue weighted by Gasteiger charge is -2.11. The van der Waals surface area contributed by atoms with Crippen molar-refractivity contribution in [3.8, 4) is 22.9 Å². The van der Waals surface area contributed by atoms with E-state index >= 15 is 0 Å². The number of methoxy groups -OCH3 is 1. The normalized spacial score (nSPS) is 10.8. The molecule has 0 spiro atoms. The smallest absolute Gasteiger partial charge is 0.387 e. The number of ether oxygens (including phenoxy) is 2. The van der Waals surface area contributed by atoms with Crippen molar-refractivity contribution in [2.45, 2.75) is 25.9 Å². The number of amides is 1. The van der Waals surface area contributed by atoms with E-state index in [0.29, 0.717) is 31.1 Å². The Balaban J connectivity index is 1.45. The predicted molar refractivity (Wildman–Crippen MR) is 102 cm³/mol. The van der Waals surface area contributed by atoms with Crippen molar-refractivity contribution in [2.24, 2.45) is 0 Å². The summed E-state index contributed by atoms with van der Waals surface area (Å²) in [7, 11) is 1.37. The highest BCUT2D eigenvalue weighted by molar-refractivity contribution is 5.76. The molecule has 1 aromatic carbocycles. The van der Waals surface area contributed by atoms with Crippen molar-refractivity contribution in [1.29, 1.82) is 0 Å². The first-order valence-corrected chi connectivity index (χ1v) is 9.16. The molecule has 0 aliphatic rings. The summed E-state index contributed by atoms with van der Waals surface area (Å²) in [5.41, 5.74) is 1.45. The minimum absolute atomic E-state index is 0.0443. The second-order valence-corrected chi connectivity index (χ2v) is 6.22. The summed E-state index contributed by atoms with van der Waals surface area (Å²) < 4.78 is 39.6. The van der Waals surface area contributed by atoms with E-state index < -0.39 is 6.61 Å². The number of carbonyl (C=O) groups excluding carboxylic acids is 1. The molecule has 2 aromatic heterocycles. The third-order valence-electron chi connectivity index (χ3n) is 4.13. The molecule has 0 unspecified atom stereocenters. The number of hydrogen-bond donors (Lipinski definition) is 1. The number of hydrogen-bond acceptors (Lipinski definition) is 7. The Kier molecular flexibility index (Phi) is 7.25. The van der Waals surface area contributed by atoms with Crippen LogP contribution in [0.5, 0.6) is 11.5 Å². The van der Waals surface area contributed by atoms with Gasteiger partial charge in [-0.05, 0) is 36.2 Å². The Morgan fingerprint density at radius 3 is 2.83 bits per heavy atom. The highest BCUT2D eigenvalue weighted by atomic mass is 19.3. The standard InChI is InChI=1S/C20H20F2N4O4/c1-28-15-5-4-13(11-16(15)29-20(21)22)8-10-24-17(27)6-7-18-25-19(26-30-18)14-3-2-9-23-12-14/h2-5,9,11-12,20H,6-8,10H2,1H3,(H,24,27). The molecule has 0 saturated carbocycles. The van der Waals surface area contributed by atoms with Gasteiger partial charge in [0.1, 0.15) is 0 Å². The number of pyridine rings is 1. The second-order valence-electron chi connectivity index (χ2n) is 6.22. The summed E-state index contributed by atoms with van der Waals surface area (Å²) in [6, 6.07) is 8.32. The minimum Gasteiger partial charge on any atom is -0.493 e. The van der Waals surface area contributed by atoms with Crippen LogP contribution >= 0.6 is 0 Å². The molecule has 0 fully saturated rings. The van der Waals surface area contributed by atoms with Crippen molar-refractivity contribution >= 4 is 5.91 Å². The highest BCUT2D eigenvalue weighted by Crippen LogP contribution is 2.29. The van der Waals surface area contributed by atoms with E-state index in [2.05, 4.69) is 25.2 Å². The number of nitrogens with zero attached hydrogens (tertiary/aromatic N) is 3. The van der Waals surface area contributed by atoms with E-state index in [0.717, 1.165) is 11.1 Å². The number of benzene rings is 1. The van der Waals surface area contributed by atoms with Crippen LogP contribution in [0.15, 0.2) is 47.2 Å². The fraction of sp³-hybridized carbons (Fsp3) is 0.300. The van der Waals surface area contributed by atoms with Crippen LogP contribution in [0.25, 0.3) is 11.4 Å². The first-order valence-electron chi connectivity index (χ1n) is 9.16. The van der Waals surface area contributed by atoms with E-state index in [1.165, 1.54) is 13.2 Å². The van der Waals surface area contributed by atoms with Crippen LogP contribution in [0.3, 0.4) is 0 Å². The van der Waals surface area contributed by atoms with E-state index in [-0.39, 0.29) is 23.8 Å². The maximum atomic E-state index is 12.5. The van der Waals surface area contributed by atoms with Gasteiger partial charge in [0.05, 0.1) is 7.11 Å². The summed E-state index contributed by atoms with van der Waals surface area (Å²) in [4.78, 5) is 20.3. The molecule has 0 saturated heterocycles. The molecule has 0 atom stereocenters. The number of rotatable bonds is 10. The molecule has 0 bridgehead atoms. The Labute approximate surface area is 171 Å². The van der Waals surface area contributed by atoms with Crippen LogP contribution in [-0.4, -0.2) is 41.3 Å². The molecule has 30 heavy (non-hydrogen) atoms. The van der Waals surface area contributed by atoms with Crippen LogP contribution < -0.4 is 14.8 Å². The predicted octanol–water partition coefficient (Wildman–Crippen LogP) is 3.03. The lowest BCUT2D eigenvalue weighted by molar-refractivity contribution is -0.121. The molecule has 2 heterocycles. The molecule has 8 nitrogen and oxygen atoms in total. The number of carbonyl (C=O) groups is 1. The van der Waals surface area contributed by atoms with E-state index in [1.807, 2.05) is 6.07 Å². The van der Waals surface area contributed by atoms with Crippen LogP contribution in [-0.2, 0) is 17.6 Å². The third-order valence-corrected chi connectivity index (χ3v) is 4.13. The maximum absolute atomic E-state index is 12.5. The fourth-order valence-corrected chi connectivity index (χ4v) is 2.69. The van der Waals surface area contributed by atoms with Gasteiger partial charge < -0.3 is 19.3 Å². The number of halogens is 2. The van der Waals surface area contributed by atoms with E-state index in [4.69, 9.17) is 9.26 Å². The maximum Gasteiger partial charge on any atom is 0.387 e. The summed E-state index contributed by atoms with van der Waals surface area (Å²) in [5, 5.41) is 6.65. The minimum atomic E-state index is -2.95. The van der Waals surface area contributed by atoms with Gasteiger partial charge in [0.25, 0.3) is 0 Å². The van der Waals surface area contributed by atoms with Gasteiger partial charge in [0.2, 0.25) is 17.6 Å². The number of alkyl halides is 2.